The largest absolute Gasteiger partial charge is 0.420 e. The van der Waals surface area contributed by atoms with Crippen molar-refractivity contribution in [3.63, 3.8) is 0 Å². The average Bonchev–Trinajstić information content (AvgIpc) is 3.08. The quantitative estimate of drug-likeness (QED) is 0.353. The zero-order valence-corrected chi connectivity index (χ0v) is 13.8. The number of nitro groups is 1. The number of nitrogens with zero attached hydrogens (tertiary/aromatic N) is 3. The van der Waals surface area contributed by atoms with Crippen molar-refractivity contribution in [2.75, 3.05) is 0 Å². The molecule has 0 spiro atoms. The van der Waals surface area contributed by atoms with Gasteiger partial charge in [0.25, 0.3) is 5.69 Å². The number of halogens is 3. The number of hydrogen-bond acceptors (Lipinski definition) is 6. The summed E-state index contributed by atoms with van der Waals surface area (Å²) in [6.45, 7) is 0. The van der Waals surface area contributed by atoms with Crippen molar-refractivity contribution in [1.29, 1.82) is 0 Å². The van der Waals surface area contributed by atoms with Gasteiger partial charge in [-0.3, -0.25) is 10.1 Å². The van der Waals surface area contributed by atoms with Crippen LogP contribution in [-0.2, 0) is 11.9 Å². The predicted molar refractivity (Wildman–Crippen MR) is 87.4 cm³/mol. The Morgan fingerprint density at radius 3 is 2.50 bits per heavy atom. The molecule has 2 aromatic carbocycles. The second-order valence-electron chi connectivity index (χ2n) is 5.12. The normalized spacial score (nSPS) is 11.5. The first-order valence-corrected chi connectivity index (χ1v) is 8.19. The molecule has 0 radical (unpaired) electrons. The van der Waals surface area contributed by atoms with Gasteiger partial charge in [0.05, 0.1) is 16.2 Å². The number of rotatable bonds is 5. The Kier molecular flexibility index (Phi) is 4.94. The molecular weight excluding hydrogens is 371 g/mol. The third-order valence-corrected chi connectivity index (χ3v) is 4.29. The SMILES string of the molecule is O=[N+]([O-])c1ccc(-c2nnc(CSc3cccc(C(F)(F)F)c3)o2)cc1. The lowest BCUT2D eigenvalue weighted by Gasteiger charge is -2.07. The van der Waals surface area contributed by atoms with Crippen LogP contribution in [0.25, 0.3) is 11.5 Å². The van der Waals surface area contributed by atoms with E-state index in [4.69, 9.17) is 4.42 Å². The molecule has 0 N–H and O–H groups in total. The highest BCUT2D eigenvalue weighted by molar-refractivity contribution is 7.98. The Morgan fingerprint density at radius 2 is 1.85 bits per heavy atom. The van der Waals surface area contributed by atoms with Gasteiger partial charge in [-0.2, -0.15) is 13.2 Å². The van der Waals surface area contributed by atoms with Gasteiger partial charge in [0, 0.05) is 22.6 Å². The zero-order chi connectivity index (χ0) is 18.7. The van der Waals surface area contributed by atoms with Crippen LogP contribution < -0.4 is 0 Å². The van der Waals surface area contributed by atoms with Gasteiger partial charge in [-0.1, -0.05) is 6.07 Å². The molecule has 0 aliphatic heterocycles. The molecule has 0 bridgehead atoms. The highest BCUT2D eigenvalue weighted by Crippen LogP contribution is 2.33. The molecule has 10 heteroatoms. The summed E-state index contributed by atoms with van der Waals surface area (Å²) in [7, 11) is 0. The first kappa shape index (κ1) is 17.9. The van der Waals surface area contributed by atoms with Gasteiger partial charge >= 0.3 is 6.18 Å². The fraction of sp³-hybridized carbons (Fsp3) is 0.125. The lowest BCUT2D eigenvalue weighted by molar-refractivity contribution is -0.384. The van der Waals surface area contributed by atoms with E-state index < -0.39 is 16.7 Å². The Labute approximate surface area is 149 Å². The number of benzene rings is 2. The van der Waals surface area contributed by atoms with Gasteiger partial charge in [0.1, 0.15) is 0 Å². The van der Waals surface area contributed by atoms with Crippen LogP contribution in [-0.4, -0.2) is 15.1 Å². The Hall–Kier alpha value is -2.88. The summed E-state index contributed by atoms with van der Waals surface area (Å²) in [5, 5.41) is 18.3. The predicted octanol–water partition coefficient (Wildman–Crippen LogP) is 4.96. The van der Waals surface area contributed by atoms with Crippen molar-refractivity contribution in [2.45, 2.75) is 16.8 Å². The van der Waals surface area contributed by atoms with E-state index in [1.807, 2.05) is 0 Å². The second-order valence-corrected chi connectivity index (χ2v) is 6.17. The van der Waals surface area contributed by atoms with Gasteiger partial charge in [0.2, 0.25) is 11.8 Å². The molecule has 26 heavy (non-hydrogen) atoms. The van der Waals surface area contributed by atoms with Gasteiger partial charge in [-0.15, -0.1) is 22.0 Å². The minimum absolute atomic E-state index is 0.0615. The van der Waals surface area contributed by atoms with Crippen LogP contribution in [0.5, 0.6) is 0 Å². The van der Waals surface area contributed by atoms with Crippen molar-refractivity contribution in [2.24, 2.45) is 0 Å². The number of hydrogen-bond donors (Lipinski definition) is 0. The lowest BCUT2D eigenvalue weighted by Crippen LogP contribution is -2.04. The molecule has 0 saturated heterocycles. The minimum atomic E-state index is -4.40. The third kappa shape index (κ3) is 4.20. The molecule has 3 rings (SSSR count). The van der Waals surface area contributed by atoms with Gasteiger partial charge in [-0.25, -0.2) is 0 Å². The van der Waals surface area contributed by atoms with Crippen LogP contribution in [0.2, 0.25) is 0 Å². The molecule has 1 heterocycles. The van der Waals surface area contributed by atoms with Crippen LogP contribution in [0.4, 0.5) is 18.9 Å². The molecule has 1 aromatic heterocycles. The Morgan fingerprint density at radius 1 is 1.12 bits per heavy atom. The molecule has 0 fully saturated rings. The van der Waals surface area contributed by atoms with E-state index in [1.54, 1.807) is 6.07 Å². The van der Waals surface area contributed by atoms with Gasteiger partial charge < -0.3 is 4.42 Å². The van der Waals surface area contributed by atoms with E-state index in [1.165, 1.54) is 30.3 Å². The van der Waals surface area contributed by atoms with Gasteiger partial charge in [0.15, 0.2) is 0 Å². The first-order valence-electron chi connectivity index (χ1n) is 7.20. The van der Waals surface area contributed by atoms with E-state index >= 15 is 0 Å². The number of aromatic nitrogens is 2. The number of non-ortho nitro benzene ring substituents is 1. The molecule has 0 aliphatic carbocycles. The third-order valence-electron chi connectivity index (χ3n) is 3.32. The molecule has 134 valence electrons. The van der Waals surface area contributed by atoms with Crippen molar-refractivity contribution >= 4 is 17.4 Å². The summed E-state index contributed by atoms with van der Waals surface area (Å²) in [5.41, 5.74) is -0.272. The van der Waals surface area contributed by atoms with Crippen LogP contribution in [0.15, 0.2) is 57.8 Å². The van der Waals surface area contributed by atoms with E-state index in [9.17, 15) is 23.3 Å². The zero-order valence-electron chi connectivity index (χ0n) is 12.9. The maximum atomic E-state index is 12.7. The summed E-state index contributed by atoms with van der Waals surface area (Å²) >= 11 is 1.13. The topological polar surface area (TPSA) is 82.1 Å². The number of nitro benzene ring substituents is 1. The fourth-order valence-electron chi connectivity index (χ4n) is 2.06. The van der Waals surface area contributed by atoms with Gasteiger partial charge in [-0.05, 0) is 30.3 Å². The van der Waals surface area contributed by atoms with Crippen molar-refractivity contribution in [3.8, 4) is 11.5 Å². The average molecular weight is 381 g/mol. The number of thioether (sulfide) groups is 1. The summed E-state index contributed by atoms with van der Waals surface area (Å²) in [6, 6.07) is 10.6. The molecule has 0 unspecified atom stereocenters. The Balaban J connectivity index is 1.68. The van der Waals surface area contributed by atoms with Crippen LogP contribution in [0.1, 0.15) is 11.5 Å². The van der Waals surface area contributed by atoms with E-state index in [2.05, 4.69) is 10.2 Å². The first-order chi connectivity index (χ1) is 12.3. The van der Waals surface area contributed by atoms with Crippen molar-refractivity contribution in [3.05, 3.63) is 70.1 Å². The molecule has 0 aliphatic rings. The smallest absolute Gasteiger partial charge is 0.416 e. The van der Waals surface area contributed by atoms with Crippen molar-refractivity contribution < 1.29 is 22.5 Å². The maximum Gasteiger partial charge on any atom is 0.416 e. The van der Waals surface area contributed by atoms with E-state index in [-0.39, 0.29) is 23.2 Å². The van der Waals surface area contributed by atoms with E-state index in [0.717, 1.165) is 23.9 Å². The second kappa shape index (κ2) is 7.16. The maximum absolute atomic E-state index is 12.7. The number of alkyl halides is 3. The molecule has 3 aromatic rings. The van der Waals surface area contributed by atoms with Crippen molar-refractivity contribution in [1.82, 2.24) is 10.2 Å². The highest BCUT2D eigenvalue weighted by atomic mass is 32.2. The molecule has 0 saturated carbocycles. The lowest BCUT2D eigenvalue weighted by atomic mass is 10.2. The fourth-order valence-corrected chi connectivity index (χ4v) is 2.85. The Bertz CT molecular complexity index is 926. The standard InChI is InChI=1S/C16H10F3N3O3S/c17-16(18,19)11-2-1-3-13(8-11)26-9-14-20-21-15(25-14)10-4-6-12(7-5-10)22(23)24/h1-8H,9H2. The monoisotopic (exact) mass is 381 g/mol. The van der Waals surface area contributed by atoms with Crippen LogP contribution in [0.3, 0.4) is 0 Å². The summed E-state index contributed by atoms with van der Waals surface area (Å²) < 4.78 is 43.6. The summed E-state index contributed by atoms with van der Waals surface area (Å²) in [5.74, 6) is 0.613. The molecular formula is C16H10F3N3O3S. The van der Waals surface area contributed by atoms with E-state index in [0.29, 0.717) is 10.5 Å². The summed E-state index contributed by atoms with van der Waals surface area (Å²) in [6.07, 6.45) is -4.40. The molecule has 6 nitrogen and oxygen atoms in total. The minimum Gasteiger partial charge on any atom is -0.420 e. The highest BCUT2D eigenvalue weighted by Gasteiger charge is 2.30. The molecule has 0 amide bonds. The summed E-state index contributed by atoms with van der Waals surface area (Å²) in [4.78, 5) is 10.5. The molecule has 0 atom stereocenters. The van der Waals surface area contributed by atoms with Crippen LogP contribution >= 0.6 is 11.8 Å². The van der Waals surface area contributed by atoms with Crippen LogP contribution in [0, 0.1) is 10.1 Å².